The van der Waals surface area contributed by atoms with Crippen LogP contribution in [-0.2, 0) is 54.2 Å². The molecule has 13 rings (SSSR count). The minimum atomic E-state index is -1.17. The van der Waals surface area contributed by atoms with Crippen molar-refractivity contribution in [2.24, 2.45) is 80.8 Å². The monoisotopic (exact) mass is 881 g/mol. The van der Waals surface area contributed by atoms with Crippen LogP contribution in [0.4, 0.5) is 0 Å². The predicted molar refractivity (Wildman–Crippen MR) is 236 cm³/mol. The topological polar surface area (TPSA) is 137 Å². The summed E-state index contributed by atoms with van der Waals surface area (Å²) in [5.74, 6) is 0.328. The molecule has 0 radical (unpaired) electrons. The molecule has 20 atom stereocenters. The Morgan fingerprint density at radius 3 is 1.25 bits per heavy atom. The van der Waals surface area contributed by atoms with E-state index in [1.54, 1.807) is 0 Å². The number of aromatic nitrogens is 2. The molecular formula is C54H76N2O8. The smallest absolute Gasteiger partial charge is 0.172 e. The third-order valence-electron chi connectivity index (χ3n) is 23.6. The molecule has 5 heterocycles. The van der Waals surface area contributed by atoms with Crippen molar-refractivity contribution in [1.82, 2.24) is 9.97 Å². The number of ether oxygens (including phenoxy) is 4. The summed E-state index contributed by atoms with van der Waals surface area (Å²) in [7, 11) is 0. The Bertz CT molecular complexity index is 2120. The minimum absolute atomic E-state index is 0.00560. The molecule has 12 aliphatic rings. The molecule has 6 saturated carbocycles. The van der Waals surface area contributed by atoms with Gasteiger partial charge in [-0.15, -0.1) is 0 Å². The molecular weight excluding hydrogens is 805 g/mol. The zero-order chi connectivity index (χ0) is 44.9. The van der Waals surface area contributed by atoms with Crippen molar-refractivity contribution in [3.8, 4) is 0 Å². The van der Waals surface area contributed by atoms with Gasteiger partial charge in [0, 0.05) is 49.4 Å². The van der Waals surface area contributed by atoms with Gasteiger partial charge in [0.25, 0.3) is 0 Å². The highest BCUT2D eigenvalue weighted by Crippen LogP contribution is 2.75. The van der Waals surface area contributed by atoms with Crippen LogP contribution < -0.4 is 0 Å². The normalized spacial score (nSPS) is 57.9. The van der Waals surface area contributed by atoms with E-state index in [9.17, 15) is 19.8 Å². The summed E-state index contributed by atoms with van der Waals surface area (Å²) in [5, 5.41) is 25.8. The number of carbonyl (C=O) groups is 2. The summed E-state index contributed by atoms with van der Waals surface area (Å²) in [6, 6.07) is 0. The Labute approximate surface area is 380 Å². The minimum Gasteiger partial charge on any atom is -0.389 e. The highest BCUT2D eigenvalue weighted by atomic mass is 16.7. The summed E-state index contributed by atoms with van der Waals surface area (Å²) < 4.78 is 27.1. The maximum atomic E-state index is 14.8. The van der Waals surface area contributed by atoms with Crippen LogP contribution in [0.15, 0.2) is 0 Å². The van der Waals surface area contributed by atoms with Crippen LogP contribution in [0.3, 0.4) is 0 Å². The summed E-state index contributed by atoms with van der Waals surface area (Å²) in [4.78, 5) is 40.8. The molecule has 4 aliphatic heterocycles. The highest BCUT2D eigenvalue weighted by molar-refractivity contribution is 5.91. The van der Waals surface area contributed by atoms with Gasteiger partial charge in [0.1, 0.15) is 11.6 Å². The van der Waals surface area contributed by atoms with Crippen molar-refractivity contribution in [2.75, 3.05) is 0 Å². The second kappa shape index (κ2) is 12.3. The average Bonchev–Trinajstić information content (AvgIpc) is 4.05. The lowest BCUT2D eigenvalue weighted by molar-refractivity contribution is -0.257. The molecule has 10 fully saturated rings. The number of hydrogen-bond donors (Lipinski definition) is 2. The maximum absolute atomic E-state index is 14.8. The van der Waals surface area contributed by atoms with Gasteiger partial charge >= 0.3 is 0 Å². The van der Waals surface area contributed by atoms with Crippen LogP contribution in [0, 0.1) is 80.8 Å². The predicted octanol–water partition coefficient (Wildman–Crippen LogP) is 8.07. The van der Waals surface area contributed by atoms with Crippen molar-refractivity contribution < 1.29 is 38.7 Å². The first-order chi connectivity index (χ1) is 29.9. The van der Waals surface area contributed by atoms with Gasteiger partial charge in [0.05, 0.1) is 68.2 Å². The van der Waals surface area contributed by atoms with Gasteiger partial charge in [0.2, 0.25) is 0 Å². The zero-order valence-corrected chi connectivity index (χ0v) is 40.5. The summed E-state index contributed by atoms with van der Waals surface area (Å²) in [5.41, 5.74) is -0.0891. The van der Waals surface area contributed by atoms with Gasteiger partial charge in [-0.25, -0.2) is 0 Å². The van der Waals surface area contributed by atoms with Gasteiger partial charge in [-0.2, -0.15) is 0 Å². The fourth-order valence-corrected chi connectivity index (χ4v) is 20.5. The lowest BCUT2D eigenvalue weighted by atomic mass is 9.49. The van der Waals surface area contributed by atoms with Crippen molar-refractivity contribution >= 4 is 11.6 Å². The fourth-order valence-electron chi connectivity index (χ4n) is 20.5. The van der Waals surface area contributed by atoms with E-state index < -0.39 is 33.6 Å². The molecule has 1 aromatic rings. The molecule has 0 amide bonds. The van der Waals surface area contributed by atoms with Gasteiger partial charge in [-0.1, -0.05) is 27.7 Å². The van der Waals surface area contributed by atoms with Gasteiger partial charge < -0.3 is 29.2 Å². The van der Waals surface area contributed by atoms with E-state index in [-0.39, 0.29) is 93.1 Å². The number of hydrogen-bond acceptors (Lipinski definition) is 10. The SMILES string of the molecule is C[C@H]1[C@H]2[C@H](C[C@]3(C(=O)C[C@H]4[C@H]3CC[C@H]3Cc5nc6c(nc5C[C@@]34C)C[C@@H]3CC[C@@H]4[C@H](CC(=O)[C@]45C[C@@H]4O[C@@]7(CCC(C)(C)O7)[C@@H](C)[C@@H]4[C@]5(C)O)[C@@]3(C)C6)[C@@]2(C)O)O[C@]12CCC(C)(C)O2. The molecule has 350 valence electrons. The second-order valence-corrected chi connectivity index (χ2v) is 26.9. The maximum Gasteiger partial charge on any atom is 0.172 e. The van der Waals surface area contributed by atoms with Crippen molar-refractivity contribution in [2.45, 2.75) is 218 Å². The van der Waals surface area contributed by atoms with E-state index in [4.69, 9.17) is 28.9 Å². The summed E-state index contributed by atoms with van der Waals surface area (Å²) >= 11 is 0. The Kier molecular flexibility index (Phi) is 8.13. The Morgan fingerprint density at radius 2 is 0.906 bits per heavy atom. The zero-order valence-electron chi connectivity index (χ0n) is 40.5. The van der Waals surface area contributed by atoms with Crippen LogP contribution in [0.1, 0.15) is 169 Å². The van der Waals surface area contributed by atoms with Gasteiger partial charge in [0.15, 0.2) is 11.6 Å². The average molecular weight is 881 g/mol. The molecule has 0 unspecified atom stereocenters. The number of carbonyl (C=O) groups excluding carboxylic acids is 2. The molecule has 0 bridgehead atoms. The van der Waals surface area contributed by atoms with E-state index in [0.717, 1.165) is 99.8 Å². The number of ketones is 2. The largest absolute Gasteiger partial charge is 0.389 e. The third-order valence-corrected chi connectivity index (χ3v) is 23.6. The third kappa shape index (κ3) is 4.77. The molecule has 0 aromatic carbocycles. The summed E-state index contributed by atoms with van der Waals surface area (Å²) in [6.45, 7) is 21.8. The number of aliphatic hydroxyl groups is 2. The molecule has 1 aromatic heterocycles. The van der Waals surface area contributed by atoms with Crippen LogP contribution >= 0.6 is 0 Å². The van der Waals surface area contributed by atoms with E-state index in [2.05, 4.69) is 55.4 Å². The Hall–Kier alpha value is -1.82. The second-order valence-electron chi connectivity index (χ2n) is 26.9. The molecule has 4 spiro atoms. The molecule has 10 heteroatoms. The molecule has 10 nitrogen and oxygen atoms in total. The van der Waals surface area contributed by atoms with Crippen molar-refractivity contribution in [1.29, 1.82) is 0 Å². The number of Topliss-reactive ketones (excluding diaryl/α,β-unsaturated/α-hetero) is 2. The molecule has 4 saturated heterocycles. The fraction of sp³-hybridized carbons (Fsp3) is 0.889. The first kappa shape index (κ1) is 42.3. The molecule has 8 aliphatic carbocycles. The quantitative estimate of drug-likeness (QED) is 0.263. The lowest BCUT2D eigenvalue weighted by Gasteiger charge is -2.56. The lowest BCUT2D eigenvalue weighted by Crippen LogP contribution is -2.57. The Balaban J connectivity index is 0.762. The number of rotatable bonds is 0. The van der Waals surface area contributed by atoms with Crippen molar-refractivity contribution in [3.63, 3.8) is 0 Å². The first-order valence-electron chi connectivity index (χ1n) is 26.0. The van der Waals surface area contributed by atoms with Crippen LogP contribution in [0.2, 0.25) is 0 Å². The number of fused-ring (bicyclic) bond motifs is 12. The molecule has 64 heavy (non-hydrogen) atoms. The molecule has 2 N–H and O–H groups in total. The van der Waals surface area contributed by atoms with E-state index in [0.29, 0.717) is 37.5 Å². The van der Waals surface area contributed by atoms with Crippen LogP contribution in [0.5, 0.6) is 0 Å². The van der Waals surface area contributed by atoms with E-state index >= 15 is 0 Å². The van der Waals surface area contributed by atoms with E-state index in [1.165, 1.54) is 0 Å². The van der Waals surface area contributed by atoms with Crippen molar-refractivity contribution in [3.05, 3.63) is 22.8 Å². The highest BCUT2D eigenvalue weighted by Gasteiger charge is 2.80. The summed E-state index contributed by atoms with van der Waals surface area (Å²) in [6.07, 6.45) is 12.8. The Morgan fingerprint density at radius 1 is 0.516 bits per heavy atom. The standard InChI is InChI=1S/C54H76N2O8/c1-27-43-39(61-53(27)17-15-45(3,4)63-53)25-51(49(43,9)59)31-13-11-29-19-35-37(23-47(29,7)33(31)21-41(51)57)55-36-20-30-12-14-32-34(48(30,8)24-38(36)56-35)22-42(58)52(32)26-40-44(50(52,10)60)28(2)54(62-40)18-16-46(5,6)64-54/h27-34,39-40,43-44,59-60H,11-26H2,1-10H3/t27-,28-,29-,30-,31+,32+,33-,34-,39-,40-,43-,44-,47-,48-,49-,50-,51-,52-,53-,54+/m0/s1. The number of nitrogens with zero attached hydrogens (tertiary/aromatic N) is 2. The van der Waals surface area contributed by atoms with E-state index in [1.807, 2.05) is 13.8 Å². The first-order valence-corrected chi connectivity index (χ1v) is 26.0. The van der Waals surface area contributed by atoms with Gasteiger partial charge in [-0.05, 0) is 165 Å². The van der Waals surface area contributed by atoms with Crippen LogP contribution in [0.25, 0.3) is 0 Å². The van der Waals surface area contributed by atoms with Crippen LogP contribution in [-0.4, -0.2) is 77.9 Å². The van der Waals surface area contributed by atoms with Gasteiger partial charge in [-0.3, -0.25) is 19.6 Å².